The van der Waals surface area contributed by atoms with E-state index in [0.29, 0.717) is 5.75 Å². The molecule has 2 rings (SSSR count). The van der Waals surface area contributed by atoms with Gasteiger partial charge >= 0.3 is 0 Å². The number of hydrogen-bond donors (Lipinski definition) is 0. The molecule has 1 aromatic carbocycles. The van der Waals surface area contributed by atoms with Crippen molar-refractivity contribution in [1.82, 2.24) is 0 Å². The Kier molecular flexibility index (Phi) is 8.39. The van der Waals surface area contributed by atoms with Crippen LogP contribution in [0, 0.1) is 0 Å². The maximum atomic E-state index is 12.3. The molecule has 5 nitrogen and oxygen atoms in total. The molecule has 1 aromatic rings. The van der Waals surface area contributed by atoms with Crippen molar-refractivity contribution in [1.29, 1.82) is 0 Å². The highest BCUT2D eigenvalue weighted by Gasteiger charge is 2.13. The molecular weight excluding hydrogens is 356 g/mol. The summed E-state index contributed by atoms with van der Waals surface area (Å²) in [7, 11) is -5.52. The Morgan fingerprint density at radius 3 is 2.24 bits per heavy atom. The zero-order valence-electron chi connectivity index (χ0n) is 15.0. The fourth-order valence-corrected chi connectivity index (χ4v) is 5.45. The number of sulfonamides is 1. The first-order valence-electron chi connectivity index (χ1n) is 9.24. The Balaban J connectivity index is 1.80. The van der Waals surface area contributed by atoms with E-state index in [1.165, 1.54) is 32.1 Å². The van der Waals surface area contributed by atoms with E-state index in [2.05, 4.69) is 16.0 Å². The van der Waals surface area contributed by atoms with Crippen molar-refractivity contribution >= 4 is 26.7 Å². The number of benzene rings is 1. The lowest BCUT2D eigenvalue weighted by Gasteiger charge is -2.21. The first-order valence-corrected chi connectivity index (χ1v) is 12.0. The third kappa shape index (κ3) is 6.72. The molecule has 0 bridgehead atoms. The zero-order valence-corrected chi connectivity index (χ0v) is 16.7. The molecule has 1 atom stereocenters. The smallest absolute Gasteiger partial charge is 0.110 e. The van der Waals surface area contributed by atoms with Gasteiger partial charge in [-0.3, -0.25) is 4.21 Å². The summed E-state index contributed by atoms with van der Waals surface area (Å²) in [6.45, 7) is 4.19. The predicted molar refractivity (Wildman–Crippen MR) is 105 cm³/mol. The zero-order chi connectivity index (χ0) is 18.1. The van der Waals surface area contributed by atoms with Crippen LogP contribution in [0.3, 0.4) is 0 Å². The largest absolute Gasteiger partial charge is 0.459 e. The van der Waals surface area contributed by atoms with Gasteiger partial charge in [0, 0.05) is 29.4 Å². The van der Waals surface area contributed by atoms with Crippen molar-refractivity contribution in [2.24, 2.45) is 0 Å². The predicted octanol–water partition coefficient (Wildman–Crippen LogP) is 4.37. The minimum Gasteiger partial charge on any atom is -0.459 e. The highest BCUT2D eigenvalue weighted by atomic mass is 32.3. The molecule has 1 saturated heterocycles. The monoisotopic (exact) mass is 385 g/mol. The van der Waals surface area contributed by atoms with E-state index in [-0.39, 0.29) is 4.90 Å². The number of rotatable bonds is 11. The minimum atomic E-state index is -3.84. The molecule has 0 N–H and O–H groups in total. The van der Waals surface area contributed by atoms with E-state index in [4.69, 9.17) is 0 Å². The molecule has 0 aromatic heterocycles. The maximum absolute atomic E-state index is 12.3. The van der Waals surface area contributed by atoms with Gasteiger partial charge in [0.2, 0.25) is 0 Å². The highest BCUT2D eigenvalue weighted by molar-refractivity contribution is 8.09. The molecular formula is C18H29N2O3S2-. The second-order valence-corrected chi connectivity index (χ2v) is 9.60. The average molecular weight is 386 g/mol. The number of nitrogens with zero attached hydrogens (tertiary/aromatic N) is 2. The van der Waals surface area contributed by atoms with Gasteiger partial charge in [-0.2, -0.15) is 0 Å². The molecule has 1 aliphatic rings. The van der Waals surface area contributed by atoms with E-state index in [0.717, 1.165) is 38.0 Å². The number of unbranched alkanes of at least 4 members (excludes halogenated alkanes) is 5. The Morgan fingerprint density at radius 2 is 1.60 bits per heavy atom. The average Bonchev–Trinajstić information content (AvgIpc) is 3.12. The van der Waals surface area contributed by atoms with E-state index >= 15 is 0 Å². The van der Waals surface area contributed by atoms with Gasteiger partial charge in [0.25, 0.3) is 0 Å². The third-order valence-electron chi connectivity index (χ3n) is 4.46. The molecule has 1 fully saturated rings. The fraction of sp³-hybridized carbons (Fsp3) is 0.667. The van der Waals surface area contributed by atoms with Gasteiger partial charge in [-0.25, -0.2) is 8.42 Å². The van der Waals surface area contributed by atoms with Gasteiger partial charge in [-0.1, -0.05) is 50.0 Å². The maximum Gasteiger partial charge on any atom is 0.110 e. The summed E-state index contributed by atoms with van der Waals surface area (Å²) in [6.07, 6.45) is 8.78. The van der Waals surface area contributed by atoms with Crippen molar-refractivity contribution in [3.8, 4) is 0 Å². The number of hydrogen-bond acceptors (Lipinski definition) is 4. The Bertz CT molecular complexity index is 639. The van der Waals surface area contributed by atoms with Crippen molar-refractivity contribution in [3.63, 3.8) is 0 Å². The second kappa shape index (κ2) is 10.3. The topological polar surface area (TPSA) is 68.5 Å². The molecule has 25 heavy (non-hydrogen) atoms. The molecule has 0 aliphatic carbocycles. The van der Waals surface area contributed by atoms with Gasteiger partial charge in [0.05, 0.1) is 0 Å². The van der Waals surface area contributed by atoms with Crippen LogP contribution in [0.15, 0.2) is 29.2 Å². The quantitative estimate of drug-likeness (QED) is 0.530. The number of anilines is 1. The van der Waals surface area contributed by atoms with Crippen LogP contribution in [-0.4, -0.2) is 31.5 Å². The fourth-order valence-electron chi connectivity index (χ4n) is 3.00. The summed E-state index contributed by atoms with van der Waals surface area (Å²) in [6, 6.07) is 6.75. The highest BCUT2D eigenvalue weighted by Crippen LogP contribution is 2.25. The Labute approximate surface area is 154 Å². The van der Waals surface area contributed by atoms with Crippen LogP contribution in [0.1, 0.15) is 58.3 Å². The first kappa shape index (κ1) is 20.4. The van der Waals surface area contributed by atoms with E-state index < -0.39 is 21.0 Å². The minimum absolute atomic E-state index is 0.117. The second-order valence-electron chi connectivity index (χ2n) is 6.53. The van der Waals surface area contributed by atoms with Crippen LogP contribution < -0.4 is 4.90 Å². The summed E-state index contributed by atoms with van der Waals surface area (Å²) in [5, 5.41) is 0. The van der Waals surface area contributed by atoms with Gasteiger partial charge in [-0.15, -0.1) is 0 Å². The van der Waals surface area contributed by atoms with Crippen molar-refractivity contribution in [2.45, 2.75) is 63.2 Å². The summed E-state index contributed by atoms with van der Waals surface area (Å²) in [4.78, 5) is 2.36. The van der Waals surface area contributed by atoms with E-state index in [1.807, 2.05) is 12.1 Å². The standard InChI is InChI=1S/C18H29N2O3S2/c1-2-3-4-5-6-9-16-24(21)19-25(22,23)18-12-10-17(11-13-18)20-14-7-8-15-20/h10-13H,2-9,14-16H2,1H3/q-1. The van der Waals surface area contributed by atoms with Gasteiger partial charge in [-0.05, 0) is 43.5 Å². The van der Waals surface area contributed by atoms with Crippen LogP contribution in [0.2, 0.25) is 0 Å². The van der Waals surface area contributed by atoms with Crippen LogP contribution in [0.5, 0.6) is 0 Å². The van der Waals surface area contributed by atoms with Crippen molar-refractivity contribution in [2.75, 3.05) is 23.7 Å². The first-order chi connectivity index (χ1) is 12.0. The molecule has 0 saturated carbocycles. The van der Waals surface area contributed by atoms with Crippen LogP contribution in [0.25, 0.3) is 4.13 Å². The Hall–Kier alpha value is -0.920. The molecule has 7 heteroatoms. The summed E-state index contributed by atoms with van der Waals surface area (Å²) < 4.78 is 40.1. The lowest BCUT2D eigenvalue weighted by molar-refractivity contribution is 0.603. The van der Waals surface area contributed by atoms with Crippen LogP contribution in [0.4, 0.5) is 5.69 Å². The van der Waals surface area contributed by atoms with Crippen molar-refractivity contribution < 1.29 is 12.6 Å². The summed E-state index contributed by atoms with van der Waals surface area (Å²) >= 11 is 0. The third-order valence-corrected chi connectivity index (χ3v) is 7.42. The SMILES string of the molecule is CCCCCCCCS(=O)[N-]S(=O)(=O)c1ccc(N2CCCC2)cc1. The lowest BCUT2D eigenvalue weighted by atomic mass is 10.1. The van der Waals surface area contributed by atoms with Gasteiger partial charge in [0.15, 0.2) is 0 Å². The molecule has 0 spiro atoms. The Morgan fingerprint density at radius 1 is 1.00 bits per heavy atom. The molecule has 0 radical (unpaired) electrons. The molecule has 1 heterocycles. The van der Waals surface area contributed by atoms with Crippen LogP contribution in [-0.2, 0) is 21.0 Å². The van der Waals surface area contributed by atoms with Crippen molar-refractivity contribution in [3.05, 3.63) is 28.4 Å². The van der Waals surface area contributed by atoms with E-state index in [1.54, 1.807) is 12.1 Å². The molecule has 0 amide bonds. The normalized spacial score (nSPS) is 16.3. The summed E-state index contributed by atoms with van der Waals surface area (Å²) in [5.41, 5.74) is 1.03. The molecule has 1 unspecified atom stereocenters. The molecule has 142 valence electrons. The lowest BCUT2D eigenvalue weighted by Crippen LogP contribution is -2.17. The van der Waals surface area contributed by atoms with Crippen LogP contribution >= 0.6 is 0 Å². The van der Waals surface area contributed by atoms with Gasteiger partial charge < -0.3 is 9.03 Å². The summed E-state index contributed by atoms with van der Waals surface area (Å²) in [5.74, 6) is 0.317. The molecule has 1 aliphatic heterocycles. The van der Waals surface area contributed by atoms with E-state index in [9.17, 15) is 12.6 Å². The van der Waals surface area contributed by atoms with Gasteiger partial charge in [0.1, 0.15) is 10.0 Å².